The largest absolute Gasteiger partial charge is 0.314 e. The fraction of sp³-hybridized carbons (Fsp3) is 0.615. The molecule has 0 saturated carbocycles. The smallest absolute Gasteiger partial charge is 0.244 e. The van der Waals surface area contributed by atoms with Crippen LogP contribution < -0.4 is 10.2 Å². The number of nitrogens with one attached hydrogen (secondary N) is 1. The average Bonchev–Trinajstić information content (AvgIpc) is 2.83. The summed E-state index contributed by atoms with van der Waals surface area (Å²) in [6, 6.07) is 2.01. The molecule has 1 atom stereocenters. The molecule has 5 heteroatoms. The Morgan fingerprint density at radius 2 is 2.17 bits per heavy atom. The molecule has 1 fully saturated rings. The maximum Gasteiger partial charge on any atom is 0.244 e. The lowest BCUT2D eigenvalue weighted by molar-refractivity contribution is -0.123. The zero-order valence-corrected chi connectivity index (χ0v) is 12.1. The predicted molar refractivity (Wildman–Crippen MR) is 76.4 cm³/mol. The van der Waals surface area contributed by atoms with E-state index in [-0.39, 0.29) is 11.9 Å². The molecule has 0 spiro atoms. The standard InChI is InChI=1S/C13H21N3OS/c1-10-4-9-18-13(10)15(3)12(17)11(2)16-7-5-14-6-8-16/h4,9,11,14H,5-8H2,1-3H3. The highest BCUT2D eigenvalue weighted by atomic mass is 32.1. The number of amides is 1. The number of aryl methyl sites for hydroxylation is 1. The van der Waals surface area contributed by atoms with E-state index in [0.29, 0.717) is 0 Å². The first-order valence-corrected chi connectivity index (χ1v) is 7.25. The van der Waals surface area contributed by atoms with Crippen molar-refractivity contribution >= 4 is 22.2 Å². The maximum absolute atomic E-state index is 12.5. The number of carbonyl (C=O) groups excluding carboxylic acids is 1. The second-order valence-corrected chi connectivity index (χ2v) is 5.66. The van der Waals surface area contributed by atoms with Crippen LogP contribution in [-0.4, -0.2) is 50.1 Å². The van der Waals surface area contributed by atoms with Crippen LogP contribution in [0.5, 0.6) is 0 Å². The van der Waals surface area contributed by atoms with Crippen LogP contribution in [-0.2, 0) is 4.79 Å². The van der Waals surface area contributed by atoms with Gasteiger partial charge in [-0.05, 0) is 30.9 Å². The predicted octanol–water partition coefficient (Wildman–Crippen LogP) is 1.31. The molecule has 1 unspecified atom stereocenters. The summed E-state index contributed by atoms with van der Waals surface area (Å²) in [5, 5.41) is 6.40. The van der Waals surface area contributed by atoms with Gasteiger partial charge in [0.2, 0.25) is 5.91 Å². The summed E-state index contributed by atoms with van der Waals surface area (Å²) in [5.41, 5.74) is 1.17. The minimum Gasteiger partial charge on any atom is -0.314 e. The number of carbonyl (C=O) groups is 1. The lowest BCUT2D eigenvalue weighted by atomic mass is 10.2. The van der Waals surface area contributed by atoms with Crippen molar-refractivity contribution in [3.05, 3.63) is 17.0 Å². The SMILES string of the molecule is Cc1ccsc1N(C)C(=O)C(C)N1CCNCC1. The van der Waals surface area contributed by atoms with Gasteiger partial charge >= 0.3 is 0 Å². The van der Waals surface area contributed by atoms with E-state index in [2.05, 4.69) is 16.3 Å². The van der Waals surface area contributed by atoms with E-state index in [1.54, 1.807) is 16.2 Å². The zero-order chi connectivity index (χ0) is 13.1. The topological polar surface area (TPSA) is 35.6 Å². The molecule has 2 heterocycles. The van der Waals surface area contributed by atoms with Crippen LogP contribution in [0.3, 0.4) is 0 Å². The number of likely N-dealkylation sites (N-methyl/N-ethyl adjacent to an activating group) is 1. The van der Waals surface area contributed by atoms with E-state index >= 15 is 0 Å². The third-order valence-electron chi connectivity index (χ3n) is 3.53. The van der Waals surface area contributed by atoms with Crippen molar-refractivity contribution in [3.63, 3.8) is 0 Å². The fourth-order valence-corrected chi connectivity index (χ4v) is 3.22. The number of thiophene rings is 1. The van der Waals surface area contributed by atoms with E-state index in [9.17, 15) is 4.79 Å². The van der Waals surface area contributed by atoms with E-state index in [4.69, 9.17) is 0 Å². The quantitative estimate of drug-likeness (QED) is 0.897. The van der Waals surface area contributed by atoms with Gasteiger partial charge in [-0.25, -0.2) is 0 Å². The number of nitrogens with zero attached hydrogens (tertiary/aromatic N) is 2. The van der Waals surface area contributed by atoms with Crippen molar-refractivity contribution in [1.82, 2.24) is 10.2 Å². The summed E-state index contributed by atoms with van der Waals surface area (Å²) in [6.07, 6.45) is 0. The first-order chi connectivity index (χ1) is 8.61. The Kier molecular flexibility index (Phi) is 4.37. The number of rotatable bonds is 3. The molecular weight excluding hydrogens is 246 g/mol. The van der Waals surface area contributed by atoms with Gasteiger partial charge in [0.15, 0.2) is 0 Å². The molecule has 0 aromatic carbocycles. The Balaban J connectivity index is 2.04. The van der Waals surface area contributed by atoms with Crippen molar-refractivity contribution in [2.75, 3.05) is 38.1 Å². The molecule has 1 aromatic heterocycles. The molecule has 4 nitrogen and oxygen atoms in total. The van der Waals surface area contributed by atoms with Gasteiger partial charge in [-0.15, -0.1) is 11.3 Å². The average molecular weight is 267 g/mol. The normalized spacial score (nSPS) is 18.6. The second-order valence-electron chi connectivity index (χ2n) is 4.77. The molecule has 0 aliphatic carbocycles. The fourth-order valence-electron chi connectivity index (χ4n) is 2.31. The monoisotopic (exact) mass is 267 g/mol. The zero-order valence-electron chi connectivity index (χ0n) is 11.3. The van der Waals surface area contributed by atoms with Crippen LogP contribution in [0.2, 0.25) is 0 Å². The Hall–Kier alpha value is -0.910. The van der Waals surface area contributed by atoms with Crippen LogP contribution >= 0.6 is 11.3 Å². The van der Waals surface area contributed by atoms with E-state index < -0.39 is 0 Å². The van der Waals surface area contributed by atoms with Crippen molar-refractivity contribution in [2.24, 2.45) is 0 Å². The summed E-state index contributed by atoms with van der Waals surface area (Å²) in [5.74, 6) is 0.183. The van der Waals surface area contributed by atoms with Crippen molar-refractivity contribution in [1.29, 1.82) is 0 Å². The van der Waals surface area contributed by atoms with Crippen LogP contribution in [0, 0.1) is 6.92 Å². The van der Waals surface area contributed by atoms with Gasteiger partial charge < -0.3 is 10.2 Å². The van der Waals surface area contributed by atoms with Crippen molar-refractivity contribution in [2.45, 2.75) is 19.9 Å². The molecule has 18 heavy (non-hydrogen) atoms. The first kappa shape index (κ1) is 13.5. The summed E-state index contributed by atoms with van der Waals surface area (Å²) in [7, 11) is 1.87. The highest BCUT2D eigenvalue weighted by Crippen LogP contribution is 2.26. The third-order valence-corrected chi connectivity index (χ3v) is 4.62. The lowest BCUT2D eigenvalue weighted by Crippen LogP contribution is -2.53. The van der Waals surface area contributed by atoms with Crippen LogP contribution in [0.25, 0.3) is 0 Å². The molecule has 100 valence electrons. The first-order valence-electron chi connectivity index (χ1n) is 6.37. The Morgan fingerprint density at radius 1 is 1.50 bits per heavy atom. The van der Waals surface area contributed by atoms with Crippen molar-refractivity contribution < 1.29 is 4.79 Å². The van der Waals surface area contributed by atoms with E-state index in [1.165, 1.54) is 5.56 Å². The van der Waals surface area contributed by atoms with Crippen LogP contribution in [0.15, 0.2) is 11.4 Å². The van der Waals surface area contributed by atoms with Crippen LogP contribution in [0.1, 0.15) is 12.5 Å². The summed E-state index contributed by atoms with van der Waals surface area (Å²) in [6.45, 7) is 7.89. The summed E-state index contributed by atoms with van der Waals surface area (Å²) in [4.78, 5) is 16.5. The third kappa shape index (κ3) is 2.74. The minimum absolute atomic E-state index is 0.0430. The summed E-state index contributed by atoms with van der Waals surface area (Å²) >= 11 is 1.62. The van der Waals surface area contributed by atoms with E-state index in [1.807, 2.05) is 26.3 Å². The molecular formula is C13H21N3OS. The van der Waals surface area contributed by atoms with Gasteiger partial charge in [-0.2, -0.15) is 0 Å². The molecule has 0 radical (unpaired) electrons. The van der Waals surface area contributed by atoms with Gasteiger partial charge in [0.1, 0.15) is 5.00 Å². The molecule has 1 aliphatic heterocycles. The highest BCUT2D eigenvalue weighted by molar-refractivity contribution is 7.14. The molecule has 1 saturated heterocycles. The van der Waals surface area contributed by atoms with Crippen molar-refractivity contribution in [3.8, 4) is 0 Å². The van der Waals surface area contributed by atoms with E-state index in [0.717, 1.165) is 31.2 Å². The molecule has 1 amide bonds. The van der Waals surface area contributed by atoms with Gasteiger partial charge in [0, 0.05) is 33.2 Å². The van der Waals surface area contributed by atoms with Gasteiger partial charge in [0.05, 0.1) is 6.04 Å². The molecule has 2 rings (SSSR count). The van der Waals surface area contributed by atoms with Crippen LogP contribution in [0.4, 0.5) is 5.00 Å². The Labute approximate surface area is 113 Å². The Bertz CT molecular complexity index is 412. The number of hydrogen-bond acceptors (Lipinski definition) is 4. The number of hydrogen-bond donors (Lipinski definition) is 1. The molecule has 1 aliphatic rings. The maximum atomic E-state index is 12.5. The number of piperazine rings is 1. The number of anilines is 1. The molecule has 0 bridgehead atoms. The molecule has 1 N–H and O–H groups in total. The lowest BCUT2D eigenvalue weighted by Gasteiger charge is -2.33. The summed E-state index contributed by atoms with van der Waals surface area (Å²) < 4.78 is 0. The molecule has 1 aromatic rings. The second kappa shape index (κ2) is 5.82. The van der Waals surface area contributed by atoms with Gasteiger partial charge in [-0.1, -0.05) is 0 Å². The van der Waals surface area contributed by atoms with Gasteiger partial charge in [0.25, 0.3) is 0 Å². The minimum atomic E-state index is -0.0430. The van der Waals surface area contributed by atoms with Gasteiger partial charge in [-0.3, -0.25) is 9.69 Å². The highest BCUT2D eigenvalue weighted by Gasteiger charge is 2.26. The Morgan fingerprint density at radius 3 is 2.72 bits per heavy atom.